The second-order valence-corrected chi connectivity index (χ2v) is 5.89. The lowest BCUT2D eigenvalue weighted by Crippen LogP contribution is -2.29. The van der Waals surface area contributed by atoms with E-state index in [2.05, 4.69) is 17.9 Å². The van der Waals surface area contributed by atoms with Crippen LogP contribution in [0.1, 0.15) is 50.3 Å². The normalized spacial score (nSPS) is 16.4. The molecule has 1 amide bonds. The van der Waals surface area contributed by atoms with Crippen molar-refractivity contribution >= 4 is 24.2 Å². The Labute approximate surface area is 124 Å². The van der Waals surface area contributed by atoms with Crippen LogP contribution in [0.4, 0.5) is 5.69 Å². The highest BCUT2D eigenvalue weighted by molar-refractivity contribution is 7.80. The van der Waals surface area contributed by atoms with Crippen LogP contribution < -0.4 is 10.9 Å². The molecule has 1 aromatic rings. The molecule has 112 valence electrons. The Kier molecular flexibility index (Phi) is 4.96. The third-order valence-electron chi connectivity index (χ3n) is 4.12. The fourth-order valence-electron chi connectivity index (χ4n) is 2.91. The maximum absolute atomic E-state index is 12.6. The molecule has 0 bridgehead atoms. The molecule has 6 heteroatoms. The van der Waals surface area contributed by atoms with Crippen molar-refractivity contribution in [1.29, 1.82) is 0 Å². The third kappa shape index (κ3) is 2.95. The van der Waals surface area contributed by atoms with Gasteiger partial charge < -0.3 is 5.32 Å². The number of rotatable bonds is 4. The number of hydrogen-bond donors (Lipinski definition) is 2. The summed E-state index contributed by atoms with van der Waals surface area (Å²) in [6.07, 6.45) is 5.99. The summed E-state index contributed by atoms with van der Waals surface area (Å²) >= 11 is 4.04. The largest absolute Gasteiger partial charge is 0.320 e. The first-order valence-corrected chi connectivity index (χ1v) is 7.88. The van der Waals surface area contributed by atoms with E-state index in [-0.39, 0.29) is 17.5 Å². The summed E-state index contributed by atoms with van der Waals surface area (Å²) in [5.74, 6) is 0.329. The minimum atomic E-state index is -0.151. The quantitative estimate of drug-likeness (QED) is 0.838. The number of nitrogens with zero attached hydrogens (tertiary/aromatic N) is 2. The summed E-state index contributed by atoms with van der Waals surface area (Å²) in [5, 5.41) is 2.74. The Hall–Kier alpha value is -1.17. The van der Waals surface area contributed by atoms with E-state index < -0.39 is 0 Å². The van der Waals surface area contributed by atoms with Crippen molar-refractivity contribution < 1.29 is 4.79 Å². The van der Waals surface area contributed by atoms with Crippen molar-refractivity contribution in [1.82, 2.24) is 9.36 Å². The van der Waals surface area contributed by atoms with Gasteiger partial charge in [0.1, 0.15) is 5.69 Å². The molecule has 1 aromatic heterocycles. The first kappa shape index (κ1) is 15.2. The van der Waals surface area contributed by atoms with Crippen LogP contribution in [0.25, 0.3) is 0 Å². The first-order valence-electron chi connectivity index (χ1n) is 7.25. The number of aromatic nitrogens is 2. The minimum absolute atomic E-state index is 0.0792. The highest BCUT2D eigenvalue weighted by Gasteiger charge is 2.23. The second kappa shape index (κ2) is 6.52. The van der Waals surface area contributed by atoms with E-state index in [9.17, 15) is 9.59 Å². The van der Waals surface area contributed by atoms with Crippen LogP contribution in [-0.2, 0) is 11.8 Å². The molecule has 20 heavy (non-hydrogen) atoms. The zero-order valence-corrected chi connectivity index (χ0v) is 13.1. The second-order valence-electron chi connectivity index (χ2n) is 5.45. The average Bonchev–Trinajstić information content (AvgIpc) is 2.64. The number of carbonyl (C=O) groups excluding carboxylic acids is 1. The van der Waals surface area contributed by atoms with Gasteiger partial charge in [0.25, 0.3) is 5.56 Å². The number of anilines is 1. The van der Waals surface area contributed by atoms with E-state index in [1.165, 1.54) is 19.3 Å². The van der Waals surface area contributed by atoms with Crippen LogP contribution in [0.15, 0.2) is 4.79 Å². The molecule has 1 aliphatic carbocycles. The van der Waals surface area contributed by atoms with Gasteiger partial charge in [-0.25, -0.2) is 4.68 Å². The molecule has 0 radical (unpaired) electrons. The van der Waals surface area contributed by atoms with Crippen molar-refractivity contribution in [3.05, 3.63) is 16.0 Å². The molecule has 1 fully saturated rings. The maximum atomic E-state index is 12.6. The highest BCUT2D eigenvalue weighted by Crippen LogP contribution is 2.28. The molecular weight excluding hydrogens is 274 g/mol. The molecular formula is C14H23N3O2S. The van der Waals surface area contributed by atoms with Crippen LogP contribution in [0.5, 0.6) is 0 Å². The summed E-state index contributed by atoms with van der Waals surface area (Å²) in [4.78, 5) is 24.3. The van der Waals surface area contributed by atoms with Gasteiger partial charge >= 0.3 is 0 Å². The molecule has 0 aliphatic heterocycles. The molecule has 1 heterocycles. The first-order chi connectivity index (χ1) is 9.56. The highest BCUT2D eigenvalue weighted by atomic mass is 32.1. The van der Waals surface area contributed by atoms with E-state index in [0.717, 1.165) is 18.5 Å². The smallest absolute Gasteiger partial charge is 0.290 e. The molecule has 1 N–H and O–H groups in total. The predicted octanol–water partition coefficient (Wildman–Crippen LogP) is 2.26. The predicted molar refractivity (Wildman–Crippen MR) is 83.6 cm³/mol. The van der Waals surface area contributed by atoms with E-state index in [1.54, 1.807) is 0 Å². The van der Waals surface area contributed by atoms with Crippen LogP contribution >= 0.6 is 12.6 Å². The SMILES string of the molecule is Cc1c(NC(=O)CCS)c(=O)n(C2CCCCC2)n1C. The zero-order valence-electron chi connectivity index (χ0n) is 12.2. The third-order valence-corrected chi connectivity index (χ3v) is 4.34. The van der Waals surface area contributed by atoms with Gasteiger partial charge in [0, 0.05) is 13.5 Å². The van der Waals surface area contributed by atoms with E-state index in [0.29, 0.717) is 17.9 Å². The molecule has 0 spiro atoms. The number of thiol groups is 1. The molecule has 1 saturated carbocycles. The van der Waals surface area contributed by atoms with Crippen LogP contribution in [0, 0.1) is 6.92 Å². The molecule has 0 atom stereocenters. The lowest BCUT2D eigenvalue weighted by molar-refractivity contribution is -0.115. The van der Waals surface area contributed by atoms with Gasteiger partial charge in [0.2, 0.25) is 5.91 Å². The lowest BCUT2D eigenvalue weighted by atomic mass is 9.96. The van der Waals surface area contributed by atoms with Crippen molar-refractivity contribution in [2.75, 3.05) is 11.1 Å². The van der Waals surface area contributed by atoms with Gasteiger partial charge in [-0.15, -0.1) is 0 Å². The van der Waals surface area contributed by atoms with Crippen molar-refractivity contribution in [2.24, 2.45) is 7.05 Å². The summed E-state index contributed by atoms with van der Waals surface area (Å²) in [6, 6.07) is 0.260. The van der Waals surface area contributed by atoms with E-state index in [4.69, 9.17) is 0 Å². The number of amides is 1. The maximum Gasteiger partial charge on any atom is 0.290 e. The number of nitrogens with one attached hydrogen (secondary N) is 1. The van der Waals surface area contributed by atoms with E-state index in [1.807, 2.05) is 23.3 Å². The summed E-state index contributed by atoms with van der Waals surface area (Å²) in [5.41, 5.74) is 1.15. The molecule has 0 aromatic carbocycles. The van der Waals surface area contributed by atoms with Gasteiger partial charge in [0.05, 0.1) is 11.7 Å². The number of carbonyl (C=O) groups is 1. The van der Waals surface area contributed by atoms with Crippen molar-refractivity contribution in [2.45, 2.75) is 51.5 Å². The Bertz CT molecular complexity index is 541. The zero-order chi connectivity index (χ0) is 14.7. The topological polar surface area (TPSA) is 56.0 Å². The standard InChI is InChI=1S/C14H23N3O2S/c1-10-13(15-12(18)8-9-20)14(19)17(16(10)2)11-6-4-3-5-7-11/h11,20H,3-9H2,1-2H3,(H,15,18). The van der Waals surface area contributed by atoms with Crippen molar-refractivity contribution in [3.8, 4) is 0 Å². The van der Waals surface area contributed by atoms with Crippen LogP contribution in [0.3, 0.4) is 0 Å². The summed E-state index contributed by atoms with van der Waals surface area (Å²) in [6.45, 7) is 1.87. The fraction of sp³-hybridized carbons (Fsp3) is 0.714. The minimum Gasteiger partial charge on any atom is -0.320 e. The van der Waals surface area contributed by atoms with Gasteiger partial charge in [-0.1, -0.05) is 19.3 Å². The van der Waals surface area contributed by atoms with Gasteiger partial charge in [-0.05, 0) is 25.5 Å². The molecule has 0 saturated heterocycles. The molecule has 0 unspecified atom stereocenters. The monoisotopic (exact) mass is 297 g/mol. The molecule has 5 nitrogen and oxygen atoms in total. The fourth-order valence-corrected chi connectivity index (χ4v) is 3.12. The Morgan fingerprint density at radius 1 is 1.35 bits per heavy atom. The van der Waals surface area contributed by atoms with Crippen LogP contribution in [0.2, 0.25) is 0 Å². The van der Waals surface area contributed by atoms with Gasteiger partial charge in [0.15, 0.2) is 0 Å². The van der Waals surface area contributed by atoms with Crippen molar-refractivity contribution in [3.63, 3.8) is 0 Å². The average molecular weight is 297 g/mol. The molecule has 2 rings (SSSR count). The number of hydrogen-bond acceptors (Lipinski definition) is 3. The van der Waals surface area contributed by atoms with E-state index >= 15 is 0 Å². The Morgan fingerprint density at radius 2 is 2.00 bits per heavy atom. The Morgan fingerprint density at radius 3 is 2.60 bits per heavy atom. The summed E-state index contributed by atoms with van der Waals surface area (Å²) in [7, 11) is 1.89. The van der Waals surface area contributed by atoms with Gasteiger partial charge in [-0.3, -0.25) is 14.3 Å². The summed E-state index contributed by atoms with van der Waals surface area (Å²) < 4.78 is 3.69. The Balaban J connectivity index is 2.30. The lowest BCUT2D eigenvalue weighted by Gasteiger charge is -2.24. The molecule has 1 aliphatic rings. The van der Waals surface area contributed by atoms with Crippen LogP contribution in [-0.4, -0.2) is 21.0 Å². The van der Waals surface area contributed by atoms with Gasteiger partial charge in [-0.2, -0.15) is 12.6 Å².